The van der Waals surface area contributed by atoms with E-state index in [9.17, 15) is 13.5 Å². The molecule has 0 amide bonds. The maximum atomic E-state index is 11.8. The minimum Gasteiger partial charge on any atom is -0.393 e. The zero-order valence-electron chi connectivity index (χ0n) is 10.0. The lowest BCUT2D eigenvalue weighted by molar-refractivity contribution is 0.0912. The second-order valence-electron chi connectivity index (χ2n) is 4.40. The molecule has 1 rings (SSSR count). The molecule has 16 heavy (non-hydrogen) atoms. The maximum Gasteiger partial charge on any atom is 0.215 e. The van der Waals surface area contributed by atoms with Crippen LogP contribution in [0.3, 0.4) is 0 Å². The summed E-state index contributed by atoms with van der Waals surface area (Å²) in [5, 5.41) is 12.3. The SMILES string of the molecule is CNCCS(=O)(=O)N1CCC(C(C)O)CC1. The molecule has 0 spiro atoms. The molecule has 1 fully saturated rings. The molecule has 1 aliphatic heterocycles. The molecule has 6 heteroatoms. The molecule has 0 bridgehead atoms. The third kappa shape index (κ3) is 3.69. The van der Waals surface area contributed by atoms with E-state index in [4.69, 9.17) is 0 Å². The van der Waals surface area contributed by atoms with E-state index in [1.807, 2.05) is 0 Å². The van der Waals surface area contributed by atoms with Crippen LogP contribution in [0.15, 0.2) is 0 Å². The minimum atomic E-state index is -3.11. The van der Waals surface area contributed by atoms with Crippen molar-refractivity contribution in [3.05, 3.63) is 0 Å². The van der Waals surface area contributed by atoms with Gasteiger partial charge >= 0.3 is 0 Å². The molecule has 0 aromatic rings. The highest BCUT2D eigenvalue weighted by molar-refractivity contribution is 7.89. The lowest BCUT2D eigenvalue weighted by Crippen LogP contribution is -2.42. The highest BCUT2D eigenvalue weighted by atomic mass is 32.2. The van der Waals surface area contributed by atoms with Gasteiger partial charge in [0.1, 0.15) is 0 Å². The van der Waals surface area contributed by atoms with Crippen LogP contribution in [0.1, 0.15) is 19.8 Å². The summed E-state index contributed by atoms with van der Waals surface area (Å²) in [5.41, 5.74) is 0. The third-order valence-corrected chi connectivity index (χ3v) is 5.06. The first-order valence-electron chi connectivity index (χ1n) is 5.78. The van der Waals surface area contributed by atoms with E-state index in [2.05, 4.69) is 5.32 Å². The largest absolute Gasteiger partial charge is 0.393 e. The predicted molar refractivity (Wildman–Crippen MR) is 63.7 cm³/mol. The average Bonchev–Trinajstić information content (AvgIpc) is 2.26. The van der Waals surface area contributed by atoms with Crippen LogP contribution in [0.2, 0.25) is 0 Å². The molecule has 5 nitrogen and oxygen atoms in total. The van der Waals surface area contributed by atoms with Crippen molar-refractivity contribution in [2.75, 3.05) is 32.4 Å². The molecular weight excluding hydrogens is 228 g/mol. The molecule has 1 atom stereocenters. The molecule has 96 valence electrons. The second-order valence-corrected chi connectivity index (χ2v) is 6.49. The standard InChI is InChI=1S/C10H22N2O3S/c1-9(13)10-3-6-12(7-4-10)16(14,15)8-5-11-2/h9-11,13H,3-8H2,1-2H3. The van der Waals surface area contributed by atoms with Gasteiger partial charge in [-0.05, 0) is 32.7 Å². The van der Waals surface area contributed by atoms with Crippen LogP contribution in [0.5, 0.6) is 0 Å². The molecule has 1 heterocycles. The Hall–Kier alpha value is -0.170. The summed E-state index contributed by atoms with van der Waals surface area (Å²) in [7, 11) is -1.36. The van der Waals surface area contributed by atoms with Gasteiger partial charge in [-0.2, -0.15) is 0 Å². The van der Waals surface area contributed by atoms with Crippen LogP contribution < -0.4 is 5.32 Å². The second kappa shape index (κ2) is 5.95. The zero-order valence-corrected chi connectivity index (χ0v) is 10.8. The Morgan fingerprint density at radius 2 is 2.00 bits per heavy atom. The summed E-state index contributed by atoms with van der Waals surface area (Å²) in [6.07, 6.45) is 1.19. The van der Waals surface area contributed by atoms with Crippen molar-refractivity contribution in [3.63, 3.8) is 0 Å². The third-order valence-electron chi connectivity index (χ3n) is 3.18. The summed E-state index contributed by atoms with van der Waals surface area (Å²) < 4.78 is 25.2. The fraction of sp³-hybridized carbons (Fsp3) is 1.00. The monoisotopic (exact) mass is 250 g/mol. The number of sulfonamides is 1. The zero-order chi connectivity index (χ0) is 12.2. The molecule has 1 saturated heterocycles. The molecule has 2 N–H and O–H groups in total. The number of piperidine rings is 1. The molecule has 0 aromatic heterocycles. The van der Waals surface area contributed by atoms with E-state index in [1.54, 1.807) is 18.3 Å². The smallest absolute Gasteiger partial charge is 0.215 e. The average molecular weight is 250 g/mol. The molecule has 0 aliphatic carbocycles. The number of aliphatic hydroxyl groups is 1. The van der Waals surface area contributed by atoms with E-state index < -0.39 is 10.0 Å². The molecule has 0 radical (unpaired) electrons. The summed E-state index contributed by atoms with van der Waals surface area (Å²) >= 11 is 0. The van der Waals surface area contributed by atoms with Crippen molar-refractivity contribution in [3.8, 4) is 0 Å². The Kier molecular flexibility index (Phi) is 5.17. The molecule has 1 aliphatic rings. The lowest BCUT2D eigenvalue weighted by atomic mass is 9.93. The van der Waals surface area contributed by atoms with Gasteiger partial charge in [0.15, 0.2) is 0 Å². The summed E-state index contributed by atoms with van der Waals surface area (Å²) in [6.45, 7) is 3.34. The van der Waals surface area contributed by atoms with Gasteiger partial charge in [-0.15, -0.1) is 0 Å². The first-order valence-corrected chi connectivity index (χ1v) is 7.39. The van der Waals surface area contributed by atoms with Crippen molar-refractivity contribution < 1.29 is 13.5 Å². The van der Waals surface area contributed by atoms with Crippen LogP contribution in [-0.2, 0) is 10.0 Å². The fourth-order valence-electron chi connectivity index (χ4n) is 2.00. The van der Waals surface area contributed by atoms with Gasteiger partial charge in [0, 0.05) is 19.6 Å². The van der Waals surface area contributed by atoms with Crippen molar-refractivity contribution in [2.24, 2.45) is 5.92 Å². The molecule has 0 saturated carbocycles. The van der Waals surface area contributed by atoms with Crippen molar-refractivity contribution >= 4 is 10.0 Å². The van der Waals surface area contributed by atoms with Crippen LogP contribution in [0.4, 0.5) is 0 Å². The van der Waals surface area contributed by atoms with E-state index in [0.717, 1.165) is 12.8 Å². The predicted octanol–water partition coefficient (Wildman–Crippen LogP) is -0.372. The minimum absolute atomic E-state index is 0.156. The van der Waals surface area contributed by atoms with E-state index in [-0.39, 0.29) is 17.8 Å². The van der Waals surface area contributed by atoms with Crippen LogP contribution in [0.25, 0.3) is 0 Å². The van der Waals surface area contributed by atoms with Gasteiger partial charge in [-0.3, -0.25) is 0 Å². The van der Waals surface area contributed by atoms with Crippen LogP contribution in [0, 0.1) is 5.92 Å². The maximum absolute atomic E-state index is 11.8. The number of hydrogen-bond acceptors (Lipinski definition) is 4. The Labute approximate surface area is 97.9 Å². The van der Waals surface area contributed by atoms with E-state index in [0.29, 0.717) is 19.6 Å². The number of rotatable bonds is 5. The van der Waals surface area contributed by atoms with Gasteiger partial charge < -0.3 is 10.4 Å². The summed E-state index contributed by atoms with van der Waals surface area (Å²) in [4.78, 5) is 0. The first-order chi connectivity index (χ1) is 7.47. The summed E-state index contributed by atoms with van der Waals surface area (Å²) in [5.74, 6) is 0.402. The van der Waals surface area contributed by atoms with Gasteiger partial charge in [-0.1, -0.05) is 0 Å². The quantitative estimate of drug-likeness (QED) is 0.698. The van der Waals surface area contributed by atoms with Crippen LogP contribution >= 0.6 is 0 Å². The molecular formula is C10H22N2O3S. The van der Waals surface area contributed by atoms with Gasteiger partial charge in [0.2, 0.25) is 10.0 Å². The fourth-order valence-corrected chi connectivity index (χ4v) is 3.48. The molecule has 0 aromatic carbocycles. The summed E-state index contributed by atoms with van der Waals surface area (Å²) in [6, 6.07) is 0. The van der Waals surface area contributed by atoms with E-state index >= 15 is 0 Å². The van der Waals surface area contributed by atoms with Crippen molar-refractivity contribution in [1.29, 1.82) is 0 Å². The van der Waals surface area contributed by atoms with Crippen LogP contribution in [-0.4, -0.2) is 56.4 Å². The lowest BCUT2D eigenvalue weighted by Gasteiger charge is -2.32. The number of nitrogens with zero attached hydrogens (tertiary/aromatic N) is 1. The topological polar surface area (TPSA) is 69.6 Å². The number of hydrogen-bond donors (Lipinski definition) is 2. The van der Waals surface area contributed by atoms with Gasteiger partial charge in [-0.25, -0.2) is 12.7 Å². The van der Waals surface area contributed by atoms with E-state index in [1.165, 1.54) is 0 Å². The Morgan fingerprint density at radius 3 is 2.44 bits per heavy atom. The Bertz CT molecular complexity index is 295. The normalized spacial score (nSPS) is 22.2. The number of aliphatic hydroxyl groups excluding tert-OH is 1. The number of nitrogens with one attached hydrogen (secondary N) is 1. The molecule has 1 unspecified atom stereocenters. The van der Waals surface area contributed by atoms with Gasteiger partial charge in [0.05, 0.1) is 11.9 Å². The Balaban J connectivity index is 2.47. The highest BCUT2D eigenvalue weighted by Gasteiger charge is 2.29. The van der Waals surface area contributed by atoms with Crippen molar-refractivity contribution in [1.82, 2.24) is 9.62 Å². The highest BCUT2D eigenvalue weighted by Crippen LogP contribution is 2.22. The Morgan fingerprint density at radius 1 is 1.44 bits per heavy atom. The van der Waals surface area contributed by atoms with Gasteiger partial charge in [0.25, 0.3) is 0 Å². The first kappa shape index (κ1) is 13.9. The van der Waals surface area contributed by atoms with Crippen molar-refractivity contribution in [2.45, 2.75) is 25.9 Å².